The Hall–Kier alpha value is -2.73. The topological polar surface area (TPSA) is 50.2 Å². The number of nitrogens with one attached hydrogen (secondary N) is 1. The van der Waals surface area contributed by atoms with Crippen molar-refractivity contribution in [2.45, 2.75) is 52.4 Å². The largest absolute Gasteiger partial charge is 0.349 e. The first-order valence-corrected chi connectivity index (χ1v) is 10.7. The van der Waals surface area contributed by atoms with E-state index < -0.39 is 6.67 Å². The lowest BCUT2D eigenvalue weighted by atomic mass is 10.0. The number of imidazole rings is 1. The van der Waals surface area contributed by atoms with E-state index in [-0.39, 0.29) is 11.9 Å². The summed E-state index contributed by atoms with van der Waals surface area (Å²) < 4.78 is 15.9. The number of rotatable bonds is 5. The number of fused-ring (bicyclic) bond motifs is 1. The fraction of sp³-hybridized carbons (Fsp3) is 0.417. The van der Waals surface area contributed by atoms with Crippen LogP contribution < -0.4 is 5.32 Å². The summed E-state index contributed by atoms with van der Waals surface area (Å²) in [5, 5.41) is 3.13. The summed E-state index contributed by atoms with van der Waals surface area (Å²) in [5.41, 5.74) is 3.52. The van der Waals surface area contributed by atoms with Gasteiger partial charge in [0.2, 0.25) is 0 Å². The van der Waals surface area contributed by atoms with Crippen LogP contribution in [0.15, 0.2) is 42.5 Å². The molecule has 1 amide bonds. The minimum Gasteiger partial charge on any atom is -0.349 e. The monoisotopic (exact) mass is 408 g/mol. The zero-order chi connectivity index (χ0) is 21.3. The second-order valence-corrected chi connectivity index (χ2v) is 8.34. The van der Waals surface area contributed by atoms with Crippen LogP contribution in [0.25, 0.3) is 16.7 Å². The number of para-hydroxylation sites is 2. The fourth-order valence-electron chi connectivity index (χ4n) is 4.33. The van der Waals surface area contributed by atoms with E-state index in [0.29, 0.717) is 17.2 Å². The molecule has 2 aromatic carbocycles. The molecule has 1 aliphatic rings. The molecule has 1 aliphatic heterocycles. The zero-order valence-electron chi connectivity index (χ0n) is 17.9. The summed E-state index contributed by atoms with van der Waals surface area (Å²) >= 11 is 0. The highest BCUT2D eigenvalue weighted by atomic mass is 19.1. The van der Waals surface area contributed by atoms with Crippen molar-refractivity contribution >= 4 is 16.9 Å². The van der Waals surface area contributed by atoms with Gasteiger partial charge in [0.25, 0.3) is 5.91 Å². The summed E-state index contributed by atoms with van der Waals surface area (Å²) in [4.78, 5) is 19.8. The average molecular weight is 409 g/mol. The maximum Gasteiger partial charge on any atom is 0.251 e. The molecule has 3 aromatic rings. The molecule has 0 unspecified atom stereocenters. The first-order chi connectivity index (χ1) is 14.5. The van der Waals surface area contributed by atoms with Crippen molar-refractivity contribution in [2.75, 3.05) is 13.1 Å². The first-order valence-electron chi connectivity index (χ1n) is 10.7. The Labute approximate surface area is 176 Å². The number of nitrogens with zero attached hydrogens (tertiary/aromatic N) is 3. The van der Waals surface area contributed by atoms with Gasteiger partial charge in [0.15, 0.2) is 0 Å². The Bertz CT molecular complexity index is 1050. The molecule has 0 atom stereocenters. The van der Waals surface area contributed by atoms with E-state index in [2.05, 4.69) is 29.0 Å². The Morgan fingerprint density at radius 1 is 1.20 bits per heavy atom. The van der Waals surface area contributed by atoms with E-state index in [9.17, 15) is 9.18 Å². The summed E-state index contributed by atoms with van der Waals surface area (Å²) in [6.07, 6.45) is 1.89. The lowest BCUT2D eigenvalue weighted by Crippen LogP contribution is -2.46. The summed E-state index contributed by atoms with van der Waals surface area (Å²) in [5.74, 6) is 0.659. The van der Waals surface area contributed by atoms with Gasteiger partial charge in [-0.05, 0) is 63.9 Å². The van der Waals surface area contributed by atoms with Gasteiger partial charge < -0.3 is 10.2 Å². The molecule has 0 saturated carbocycles. The molecule has 30 heavy (non-hydrogen) atoms. The van der Waals surface area contributed by atoms with Crippen molar-refractivity contribution in [1.82, 2.24) is 19.8 Å². The lowest BCUT2D eigenvalue weighted by Gasteiger charge is -2.34. The van der Waals surface area contributed by atoms with Crippen LogP contribution in [0.4, 0.5) is 4.39 Å². The molecule has 0 radical (unpaired) electrons. The van der Waals surface area contributed by atoms with E-state index in [1.807, 2.05) is 41.8 Å². The number of halogens is 1. The molecule has 0 bridgehead atoms. The second-order valence-electron chi connectivity index (χ2n) is 8.34. The first kappa shape index (κ1) is 20.5. The molecule has 158 valence electrons. The lowest BCUT2D eigenvalue weighted by molar-refractivity contribution is 0.0900. The van der Waals surface area contributed by atoms with Crippen molar-refractivity contribution in [2.24, 2.45) is 0 Å². The number of carbonyl (C=O) groups excluding carboxylic acids is 1. The summed E-state index contributed by atoms with van der Waals surface area (Å²) in [6.45, 7) is 7.64. The Balaban J connectivity index is 1.55. The highest BCUT2D eigenvalue weighted by Crippen LogP contribution is 2.25. The summed E-state index contributed by atoms with van der Waals surface area (Å²) in [6, 6.07) is 13.8. The van der Waals surface area contributed by atoms with Gasteiger partial charge in [0.1, 0.15) is 12.5 Å². The number of amides is 1. The van der Waals surface area contributed by atoms with Crippen LogP contribution in [-0.2, 0) is 6.67 Å². The van der Waals surface area contributed by atoms with E-state index in [0.717, 1.165) is 48.5 Å². The van der Waals surface area contributed by atoms with Crippen LogP contribution >= 0.6 is 0 Å². The standard InChI is InChI=1S/C24H29FN4O/c1-16(2)28-12-10-20(11-13-28)27-24(30)18-8-9-22(19(14-18)15-25)29-17(3)26-21-6-4-5-7-23(21)29/h4-9,14,16,20H,10-13,15H2,1-3H3,(H,27,30). The summed E-state index contributed by atoms with van der Waals surface area (Å²) in [7, 11) is 0. The van der Waals surface area contributed by atoms with Gasteiger partial charge in [-0.15, -0.1) is 0 Å². The number of hydrogen-bond donors (Lipinski definition) is 1. The van der Waals surface area contributed by atoms with Gasteiger partial charge in [-0.3, -0.25) is 9.36 Å². The molecular formula is C24H29FN4O. The Morgan fingerprint density at radius 3 is 2.63 bits per heavy atom. The number of aryl methyl sites for hydroxylation is 1. The molecule has 1 aromatic heterocycles. The van der Waals surface area contributed by atoms with Crippen LogP contribution in [0, 0.1) is 6.92 Å². The molecule has 5 nitrogen and oxygen atoms in total. The van der Waals surface area contributed by atoms with E-state index in [4.69, 9.17) is 0 Å². The molecule has 1 N–H and O–H groups in total. The quantitative estimate of drug-likeness (QED) is 0.681. The predicted octanol–water partition coefficient (Wildman–Crippen LogP) is 4.41. The van der Waals surface area contributed by atoms with E-state index in [1.54, 1.807) is 12.1 Å². The smallest absolute Gasteiger partial charge is 0.251 e. The zero-order valence-corrected chi connectivity index (χ0v) is 17.9. The Kier molecular flexibility index (Phi) is 5.86. The van der Waals surface area contributed by atoms with Crippen LogP contribution in [0.2, 0.25) is 0 Å². The second kappa shape index (κ2) is 8.56. The number of alkyl halides is 1. The number of piperidine rings is 1. The third-order valence-corrected chi connectivity index (χ3v) is 6.05. The highest BCUT2D eigenvalue weighted by Gasteiger charge is 2.23. The van der Waals surface area contributed by atoms with E-state index in [1.165, 1.54) is 0 Å². The van der Waals surface area contributed by atoms with Gasteiger partial charge in [0, 0.05) is 36.3 Å². The van der Waals surface area contributed by atoms with Crippen LogP contribution in [0.1, 0.15) is 48.4 Å². The van der Waals surface area contributed by atoms with Crippen LogP contribution in [-0.4, -0.2) is 45.5 Å². The SMILES string of the molecule is Cc1nc2ccccc2n1-c1ccc(C(=O)NC2CCN(C(C)C)CC2)cc1CF. The molecule has 0 aliphatic carbocycles. The van der Waals surface area contributed by atoms with Gasteiger partial charge in [-0.1, -0.05) is 12.1 Å². The molecule has 6 heteroatoms. The maximum atomic E-state index is 14.0. The van der Waals surface area contributed by atoms with Crippen molar-refractivity contribution in [1.29, 1.82) is 0 Å². The van der Waals surface area contributed by atoms with Crippen LogP contribution in [0.3, 0.4) is 0 Å². The van der Waals surface area contributed by atoms with Gasteiger partial charge in [0.05, 0.1) is 16.7 Å². The van der Waals surface area contributed by atoms with E-state index >= 15 is 0 Å². The number of hydrogen-bond acceptors (Lipinski definition) is 3. The van der Waals surface area contributed by atoms with Gasteiger partial charge in [-0.25, -0.2) is 9.37 Å². The minimum absolute atomic E-state index is 0.133. The van der Waals surface area contributed by atoms with Crippen molar-refractivity contribution in [3.05, 3.63) is 59.4 Å². The highest BCUT2D eigenvalue weighted by molar-refractivity contribution is 5.95. The van der Waals surface area contributed by atoms with Crippen molar-refractivity contribution in [3.63, 3.8) is 0 Å². The average Bonchev–Trinajstić information content (AvgIpc) is 3.09. The normalized spacial score (nSPS) is 15.8. The molecule has 2 heterocycles. The molecular weight excluding hydrogens is 379 g/mol. The number of aromatic nitrogens is 2. The molecule has 0 spiro atoms. The third-order valence-electron chi connectivity index (χ3n) is 6.05. The molecule has 1 saturated heterocycles. The molecule has 1 fully saturated rings. The molecule has 4 rings (SSSR count). The fourth-order valence-corrected chi connectivity index (χ4v) is 4.33. The van der Waals surface area contributed by atoms with Crippen molar-refractivity contribution in [3.8, 4) is 5.69 Å². The number of benzene rings is 2. The number of carbonyl (C=O) groups is 1. The van der Waals surface area contributed by atoms with Crippen LogP contribution in [0.5, 0.6) is 0 Å². The van der Waals surface area contributed by atoms with Gasteiger partial charge >= 0.3 is 0 Å². The Morgan fingerprint density at radius 2 is 1.93 bits per heavy atom. The maximum absolute atomic E-state index is 14.0. The van der Waals surface area contributed by atoms with Gasteiger partial charge in [-0.2, -0.15) is 0 Å². The predicted molar refractivity (Wildman–Crippen MR) is 118 cm³/mol. The van der Waals surface area contributed by atoms with Crippen molar-refractivity contribution < 1.29 is 9.18 Å². The number of likely N-dealkylation sites (tertiary alicyclic amines) is 1. The minimum atomic E-state index is -0.644. The third kappa shape index (κ3) is 3.97.